The van der Waals surface area contributed by atoms with Crippen molar-refractivity contribution in [2.75, 3.05) is 70.0 Å². The van der Waals surface area contributed by atoms with Crippen molar-refractivity contribution in [3.8, 4) is 5.75 Å². The van der Waals surface area contributed by atoms with E-state index in [2.05, 4.69) is 31.6 Å². The average molecular weight is 1120 g/mol. The minimum absolute atomic E-state index is 0.0477. The summed E-state index contributed by atoms with van der Waals surface area (Å²) >= 11 is 0. The van der Waals surface area contributed by atoms with Gasteiger partial charge in [0.2, 0.25) is 17.7 Å². The molecule has 1 atom stereocenters. The van der Waals surface area contributed by atoms with Gasteiger partial charge < -0.3 is 54.8 Å². The average Bonchev–Trinajstić information content (AvgIpc) is 3.79. The number of carbonyl (C=O) groups excluding carboxylic acids is 6. The summed E-state index contributed by atoms with van der Waals surface area (Å²) in [5.41, 5.74) is 2.63. The number of anilines is 2. The molecule has 1 unspecified atom stereocenters. The molecule has 4 aromatic rings. The van der Waals surface area contributed by atoms with Gasteiger partial charge >= 0.3 is 6.09 Å². The largest absolute Gasteiger partial charge is 0.494 e. The van der Waals surface area contributed by atoms with Crippen LogP contribution < -0.4 is 31.3 Å². The third-order valence-corrected chi connectivity index (χ3v) is 14.1. The molecule has 0 saturated carbocycles. The number of benzene rings is 3. The minimum Gasteiger partial charge on any atom is -0.494 e. The number of likely N-dealkylation sites (tertiary alicyclic amines) is 1. The smallest absolute Gasteiger partial charge is 0.410 e. The van der Waals surface area contributed by atoms with Crippen molar-refractivity contribution in [2.24, 2.45) is 0 Å². The number of nitrogens with one attached hydrogen (secondary N) is 7. The van der Waals surface area contributed by atoms with Crippen molar-refractivity contribution in [1.29, 1.82) is 10.8 Å². The summed E-state index contributed by atoms with van der Waals surface area (Å²) in [5, 5.41) is 32.5. The fourth-order valence-corrected chi connectivity index (χ4v) is 9.65. The van der Waals surface area contributed by atoms with Crippen LogP contribution in [-0.2, 0) is 46.4 Å². The van der Waals surface area contributed by atoms with Gasteiger partial charge in [-0.1, -0.05) is 37.1 Å². The number of aromatic nitrogens is 1. The number of ether oxygens (including phenoxy) is 5. The number of hydrogen-bond donors (Lipinski definition) is 7. The van der Waals surface area contributed by atoms with Gasteiger partial charge in [0.15, 0.2) is 0 Å². The van der Waals surface area contributed by atoms with Gasteiger partial charge in [0.05, 0.1) is 38.6 Å². The number of hydrogen-bond acceptors (Lipinski definition) is 15. The molecule has 7 rings (SSSR count). The number of rotatable bonds is 29. The highest BCUT2D eigenvalue weighted by molar-refractivity contribution is 6.11. The summed E-state index contributed by atoms with van der Waals surface area (Å²) in [7, 11) is 0. The first-order chi connectivity index (χ1) is 39.1. The van der Waals surface area contributed by atoms with E-state index < -0.39 is 29.2 Å². The molecule has 0 spiro atoms. The first kappa shape index (κ1) is 60.9. The maximum absolute atomic E-state index is 13.4. The number of pyridine rings is 1. The maximum Gasteiger partial charge on any atom is 0.410 e. The molecule has 2 saturated heterocycles. The van der Waals surface area contributed by atoms with Gasteiger partial charge in [0.1, 0.15) is 29.1 Å². The van der Waals surface area contributed by atoms with E-state index in [9.17, 15) is 34.2 Å². The summed E-state index contributed by atoms with van der Waals surface area (Å²) in [6.07, 6.45) is 10.5. The van der Waals surface area contributed by atoms with E-state index >= 15 is 0 Å². The molecule has 3 aliphatic heterocycles. The van der Waals surface area contributed by atoms with Crippen molar-refractivity contribution in [3.63, 3.8) is 0 Å². The molecular formula is C60H78N10O11. The Morgan fingerprint density at radius 1 is 0.765 bits per heavy atom. The van der Waals surface area contributed by atoms with E-state index in [0.29, 0.717) is 125 Å². The second-order valence-electron chi connectivity index (χ2n) is 21.4. The Morgan fingerprint density at radius 3 is 2.10 bits per heavy atom. The van der Waals surface area contributed by atoms with Gasteiger partial charge in [0.25, 0.3) is 11.8 Å². The second-order valence-corrected chi connectivity index (χ2v) is 21.4. The van der Waals surface area contributed by atoms with Gasteiger partial charge in [-0.05, 0) is 132 Å². The first-order valence-electron chi connectivity index (χ1n) is 28.1. The number of carbonyl (C=O) groups is 6. The molecule has 3 aromatic carbocycles. The second kappa shape index (κ2) is 30.2. The lowest BCUT2D eigenvalue weighted by Gasteiger charge is -2.43. The molecule has 434 valence electrons. The van der Waals surface area contributed by atoms with Crippen LogP contribution in [0.1, 0.15) is 135 Å². The van der Waals surface area contributed by atoms with Crippen LogP contribution in [0, 0.1) is 10.8 Å². The number of fused-ring (bicyclic) bond motifs is 1. The van der Waals surface area contributed by atoms with Gasteiger partial charge in [-0.15, -0.1) is 0 Å². The van der Waals surface area contributed by atoms with Gasteiger partial charge in [0, 0.05) is 98.3 Å². The number of imide groups is 1. The van der Waals surface area contributed by atoms with Crippen molar-refractivity contribution >= 4 is 58.7 Å². The Hall–Kier alpha value is -7.75. The lowest BCUT2D eigenvalue weighted by atomic mass is 9.85. The van der Waals surface area contributed by atoms with E-state index in [1.54, 1.807) is 65.8 Å². The van der Waals surface area contributed by atoms with Crippen LogP contribution in [-0.4, -0.2) is 139 Å². The predicted octanol–water partition coefficient (Wildman–Crippen LogP) is 7.73. The van der Waals surface area contributed by atoms with Crippen molar-refractivity contribution in [3.05, 3.63) is 119 Å². The van der Waals surface area contributed by atoms with Gasteiger partial charge in [-0.25, -0.2) is 4.79 Å². The summed E-state index contributed by atoms with van der Waals surface area (Å²) in [4.78, 5) is 83.3. The number of amidine groups is 2. The fourth-order valence-electron chi connectivity index (χ4n) is 9.65. The summed E-state index contributed by atoms with van der Waals surface area (Å²) in [6.45, 7) is 10.4. The molecule has 0 radical (unpaired) electrons. The van der Waals surface area contributed by atoms with Crippen molar-refractivity contribution < 1.29 is 52.5 Å². The highest BCUT2D eigenvalue weighted by Gasteiger charge is 2.42. The fraction of sp³-hybridized carbons (Fsp3) is 0.483. The summed E-state index contributed by atoms with van der Waals surface area (Å²) in [6, 6.07) is 22.6. The Balaban J connectivity index is 0.686. The molecular weight excluding hydrogens is 1040 g/mol. The first-order valence-corrected chi connectivity index (χ1v) is 28.1. The summed E-state index contributed by atoms with van der Waals surface area (Å²) < 4.78 is 28.6. The number of nitrogens with zero attached hydrogens (tertiary/aromatic N) is 3. The van der Waals surface area contributed by atoms with E-state index in [4.69, 9.17) is 29.1 Å². The van der Waals surface area contributed by atoms with E-state index in [1.165, 1.54) is 4.90 Å². The Bertz CT molecular complexity index is 2800. The molecule has 81 heavy (non-hydrogen) atoms. The van der Waals surface area contributed by atoms with Crippen LogP contribution >= 0.6 is 0 Å². The lowest BCUT2D eigenvalue weighted by molar-refractivity contribution is -0.137. The highest BCUT2D eigenvalue weighted by atomic mass is 16.6. The number of piperidine rings is 2. The molecule has 0 bridgehead atoms. The lowest BCUT2D eigenvalue weighted by Crippen LogP contribution is -2.59. The molecule has 21 nitrogen and oxygen atoms in total. The Kier molecular flexibility index (Phi) is 22.7. The topological polar surface area (TPSA) is 276 Å². The Morgan fingerprint density at radius 2 is 1.42 bits per heavy atom. The zero-order valence-corrected chi connectivity index (χ0v) is 46.8. The quantitative estimate of drug-likeness (QED) is 0.0119. The van der Waals surface area contributed by atoms with E-state index in [-0.39, 0.29) is 54.7 Å². The van der Waals surface area contributed by atoms with Gasteiger partial charge in [-0.2, -0.15) is 0 Å². The molecule has 4 heterocycles. The van der Waals surface area contributed by atoms with E-state index in [0.717, 1.165) is 49.8 Å². The van der Waals surface area contributed by atoms with Crippen LogP contribution in [0.4, 0.5) is 16.2 Å². The zero-order chi connectivity index (χ0) is 57.6. The molecule has 0 aliphatic carbocycles. The van der Waals surface area contributed by atoms with Crippen molar-refractivity contribution in [1.82, 2.24) is 30.7 Å². The Labute approximate surface area is 473 Å². The third kappa shape index (κ3) is 18.7. The standard InChI is InChI=1S/C60H78N10O11/c1-59(2,3)81-58(76)69-30-26-60(27-31-69,57(62)67-53(61)43-24-28-63-29-25-43)68-45-14-11-13-44(39-45)54(73)64-40-42-18-20-46(21-19-42)80-34-10-5-4-8-32-77-35-37-79-38-36-78-33-9-6-7-17-51(71)65-49-16-12-15-47-48(49)41-70(56(47)75)50-22-23-52(72)66-55(50)74/h11-16,18-21,24-25,28-29,39,50,68H,4-10,17,22-23,26-27,30-38,40-41H2,1-3H3,(H,64,73)(H,65,71)(H3,61,62,67)(H,66,72,74). The van der Waals surface area contributed by atoms with Crippen molar-refractivity contribution in [2.45, 2.75) is 128 Å². The molecule has 2 fully saturated rings. The minimum atomic E-state index is -0.976. The molecule has 6 amide bonds. The molecule has 1 aromatic heterocycles. The van der Waals surface area contributed by atoms with Crippen LogP contribution in [0.25, 0.3) is 0 Å². The predicted molar refractivity (Wildman–Crippen MR) is 305 cm³/mol. The normalized spacial score (nSPS) is 15.8. The van der Waals surface area contributed by atoms with Crippen LogP contribution in [0.2, 0.25) is 0 Å². The highest BCUT2D eigenvalue weighted by Crippen LogP contribution is 2.33. The van der Waals surface area contributed by atoms with Crippen LogP contribution in [0.15, 0.2) is 91.3 Å². The van der Waals surface area contributed by atoms with E-state index in [1.807, 2.05) is 51.1 Å². The molecule has 21 heteroatoms. The SMILES string of the molecule is CC(C)(C)OC(=O)N1CCC(Nc2cccc(C(=O)NCc3ccc(OCCCCCCOCCOCCOCCCCCC(=O)Nc4cccc5c4CN(C4CCC(=O)NC4=O)C5=O)cc3)c2)(C(=N)NC(=N)c2ccncc2)CC1. The summed E-state index contributed by atoms with van der Waals surface area (Å²) in [5.74, 6) is -0.610. The number of amides is 6. The van der Waals surface area contributed by atoms with Crippen LogP contribution in [0.5, 0.6) is 5.75 Å². The van der Waals surface area contributed by atoms with Gasteiger partial charge in [-0.3, -0.25) is 45.1 Å². The number of unbranched alkanes of at least 4 members (excludes halogenated alkanes) is 5. The van der Waals surface area contributed by atoms with Crippen LogP contribution in [0.3, 0.4) is 0 Å². The maximum atomic E-state index is 13.4. The monoisotopic (exact) mass is 1110 g/mol. The zero-order valence-electron chi connectivity index (χ0n) is 46.8. The molecule has 3 aliphatic rings. The third-order valence-electron chi connectivity index (χ3n) is 14.1. The molecule has 7 N–H and O–H groups in total.